The molecule has 12 heteroatoms. The lowest BCUT2D eigenvalue weighted by Crippen LogP contribution is -2.37. The van der Waals surface area contributed by atoms with Crippen LogP contribution in [0.2, 0.25) is 0 Å². The molecule has 0 saturated heterocycles. The maximum atomic E-state index is 12.6. The quantitative estimate of drug-likeness (QED) is 0.318. The summed E-state index contributed by atoms with van der Waals surface area (Å²) in [6, 6.07) is 6.59. The molecule has 0 aliphatic heterocycles. The topological polar surface area (TPSA) is 187 Å². The van der Waals surface area contributed by atoms with Gasteiger partial charge >= 0.3 is 11.9 Å². The van der Waals surface area contributed by atoms with Crippen molar-refractivity contribution >= 4 is 34.2 Å². The number of hydrogen-bond acceptors (Lipinski definition) is 7. The van der Waals surface area contributed by atoms with Gasteiger partial charge in [-0.2, -0.15) is 0 Å². The molecule has 0 aromatic heterocycles. The summed E-state index contributed by atoms with van der Waals surface area (Å²) in [5.41, 5.74) is 0.0398. The number of carbonyl (C=O) groups excluding carboxylic acids is 2. The normalized spacial score (nSPS) is 13.0. The summed E-state index contributed by atoms with van der Waals surface area (Å²) < 4.78 is 27.5. The number of sulfonamides is 1. The molecule has 2 atom stereocenters. The van der Waals surface area contributed by atoms with E-state index in [4.69, 9.17) is 10.2 Å². The predicted octanol–water partition coefficient (Wildman–Crippen LogP) is 0.902. The molecule has 32 heavy (non-hydrogen) atoms. The SMILES string of the molecule is CC(NS(=O)(=O)c1ccc(O)c(C(=O)O)c1)c1ccc(C(=O)NC(C=O)CC(=O)O)cc1. The number of amides is 1. The predicted molar refractivity (Wildman–Crippen MR) is 110 cm³/mol. The van der Waals surface area contributed by atoms with Crippen LogP contribution in [0.1, 0.15) is 45.7 Å². The standard InChI is InChI=1S/C20H20N2O9S/c1-11(22-32(30,31)15-6-7-17(24)16(9-15)20(28)29)12-2-4-13(5-3-12)19(27)21-14(10-23)8-18(25)26/h2-7,9-11,14,22,24H,8H2,1H3,(H,21,27)(H,25,26)(H,28,29). The fraction of sp³-hybridized carbons (Fsp3) is 0.200. The molecule has 0 bridgehead atoms. The van der Waals surface area contributed by atoms with Crippen LogP contribution in [0.5, 0.6) is 5.75 Å². The van der Waals surface area contributed by atoms with E-state index in [2.05, 4.69) is 10.0 Å². The Morgan fingerprint density at radius 1 is 1.06 bits per heavy atom. The highest BCUT2D eigenvalue weighted by atomic mass is 32.2. The number of aromatic hydroxyl groups is 1. The van der Waals surface area contributed by atoms with Crippen molar-refractivity contribution in [2.75, 3.05) is 0 Å². The molecule has 2 rings (SSSR count). The number of hydrogen-bond donors (Lipinski definition) is 5. The second-order valence-electron chi connectivity index (χ2n) is 6.76. The van der Waals surface area contributed by atoms with Crippen molar-refractivity contribution in [2.45, 2.75) is 30.3 Å². The minimum Gasteiger partial charge on any atom is -0.507 e. The lowest BCUT2D eigenvalue weighted by atomic mass is 10.1. The van der Waals surface area contributed by atoms with E-state index in [1.165, 1.54) is 31.2 Å². The number of benzene rings is 2. The van der Waals surface area contributed by atoms with Gasteiger partial charge < -0.3 is 25.4 Å². The van der Waals surface area contributed by atoms with Gasteiger partial charge in [0.2, 0.25) is 10.0 Å². The van der Waals surface area contributed by atoms with Crippen LogP contribution in [0, 0.1) is 0 Å². The van der Waals surface area contributed by atoms with Gasteiger partial charge in [-0.3, -0.25) is 9.59 Å². The van der Waals surface area contributed by atoms with E-state index in [9.17, 15) is 32.7 Å². The van der Waals surface area contributed by atoms with Gasteiger partial charge in [0.15, 0.2) is 0 Å². The lowest BCUT2D eigenvalue weighted by molar-refractivity contribution is -0.138. The monoisotopic (exact) mass is 464 g/mol. The zero-order chi connectivity index (χ0) is 24.1. The molecule has 170 valence electrons. The number of aldehydes is 1. The molecule has 5 N–H and O–H groups in total. The molecular formula is C20H20N2O9S. The van der Waals surface area contributed by atoms with Gasteiger partial charge in [-0.15, -0.1) is 0 Å². The number of nitrogens with one attached hydrogen (secondary N) is 2. The Balaban J connectivity index is 2.14. The average molecular weight is 464 g/mol. The van der Waals surface area contributed by atoms with Gasteiger partial charge in [0, 0.05) is 11.6 Å². The second kappa shape index (κ2) is 10.0. The summed E-state index contributed by atoms with van der Waals surface area (Å²) in [6.45, 7) is 1.53. The summed E-state index contributed by atoms with van der Waals surface area (Å²) in [4.78, 5) is 44.5. The fourth-order valence-corrected chi connectivity index (χ4v) is 3.98. The van der Waals surface area contributed by atoms with Crippen LogP contribution in [-0.4, -0.2) is 53.9 Å². The molecule has 0 aliphatic rings. The second-order valence-corrected chi connectivity index (χ2v) is 8.48. The molecule has 0 saturated carbocycles. The van der Waals surface area contributed by atoms with Gasteiger partial charge in [0.1, 0.15) is 17.6 Å². The van der Waals surface area contributed by atoms with Crippen molar-refractivity contribution in [1.29, 1.82) is 0 Å². The highest BCUT2D eigenvalue weighted by molar-refractivity contribution is 7.89. The molecule has 0 fully saturated rings. The van der Waals surface area contributed by atoms with Crippen molar-refractivity contribution < 1.29 is 42.9 Å². The van der Waals surface area contributed by atoms with Crippen LogP contribution in [0.15, 0.2) is 47.4 Å². The van der Waals surface area contributed by atoms with Crippen molar-refractivity contribution in [3.8, 4) is 5.75 Å². The van der Waals surface area contributed by atoms with Gasteiger partial charge in [0.25, 0.3) is 5.91 Å². The smallest absolute Gasteiger partial charge is 0.339 e. The first-order chi connectivity index (χ1) is 14.9. The van der Waals surface area contributed by atoms with Crippen LogP contribution in [0.3, 0.4) is 0 Å². The Kier molecular flexibility index (Phi) is 7.67. The fourth-order valence-electron chi connectivity index (χ4n) is 2.72. The van der Waals surface area contributed by atoms with E-state index in [1.54, 1.807) is 0 Å². The van der Waals surface area contributed by atoms with E-state index < -0.39 is 57.7 Å². The minimum atomic E-state index is -4.14. The molecule has 2 unspecified atom stereocenters. The summed E-state index contributed by atoms with van der Waals surface area (Å²) in [6.07, 6.45) is -0.247. The number of carboxylic acid groups (broad SMARTS) is 2. The van der Waals surface area contributed by atoms with Crippen molar-refractivity contribution in [1.82, 2.24) is 10.0 Å². The number of aliphatic carboxylic acids is 1. The molecule has 2 aromatic carbocycles. The number of aromatic carboxylic acids is 1. The summed E-state index contributed by atoms with van der Waals surface area (Å²) in [5, 5.41) is 29.6. The molecule has 0 radical (unpaired) electrons. The first-order valence-electron chi connectivity index (χ1n) is 9.11. The van der Waals surface area contributed by atoms with Gasteiger partial charge in [-0.05, 0) is 42.8 Å². The first-order valence-corrected chi connectivity index (χ1v) is 10.6. The average Bonchev–Trinajstić information content (AvgIpc) is 2.72. The Morgan fingerprint density at radius 2 is 1.69 bits per heavy atom. The molecule has 11 nitrogen and oxygen atoms in total. The molecule has 0 spiro atoms. The van der Waals surface area contributed by atoms with Crippen LogP contribution >= 0.6 is 0 Å². The van der Waals surface area contributed by atoms with Crippen LogP contribution < -0.4 is 10.0 Å². The number of phenols is 1. The van der Waals surface area contributed by atoms with Crippen LogP contribution in [0.4, 0.5) is 0 Å². The zero-order valence-electron chi connectivity index (χ0n) is 16.7. The molecule has 0 aliphatic carbocycles. The Morgan fingerprint density at radius 3 is 2.22 bits per heavy atom. The molecule has 1 amide bonds. The van der Waals surface area contributed by atoms with Crippen molar-refractivity contribution in [3.05, 3.63) is 59.2 Å². The molecule has 0 heterocycles. The van der Waals surface area contributed by atoms with E-state index >= 15 is 0 Å². The Bertz CT molecular complexity index is 1140. The largest absolute Gasteiger partial charge is 0.507 e. The van der Waals surface area contributed by atoms with Gasteiger partial charge in [-0.1, -0.05) is 12.1 Å². The summed E-state index contributed by atoms with van der Waals surface area (Å²) in [5.74, 6) is -3.98. The Hall–Kier alpha value is -3.77. The van der Waals surface area contributed by atoms with Crippen LogP contribution in [0.25, 0.3) is 0 Å². The van der Waals surface area contributed by atoms with Gasteiger partial charge in [-0.25, -0.2) is 17.9 Å². The minimum absolute atomic E-state index is 0.130. The third-order valence-corrected chi connectivity index (χ3v) is 5.93. The van der Waals surface area contributed by atoms with E-state index in [0.29, 0.717) is 11.8 Å². The highest BCUT2D eigenvalue weighted by Gasteiger charge is 2.22. The van der Waals surface area contributed by atoms with Gasteiger partial charge in [0.05, 0.1) is 17.4 Å². The number of carbonyl (C=O) groups is 4. The van der Waals surface area contributed by atoms with Crippen molar-refractivity contribution in [3.63, 3.8) is 0 Å². The molecule has 2 aromatic rings. The first kappa shape index (κ1) is 24.5. The van der Waals surface area contributed by atoms with Crippen molar-refractivity contribution in [2.24, 2.45) is 0 Å². The summed E-state index contributed by atoms with van der Waals surface area (Å²) in [7, 11) is -4.14. The number of carboxylic acids is 2. The lowest BCUT2D eigenvalue weighted by Gasteiger charge is -2.16. The Labute approximate surface area is 182 Å². The van der Waals surface area contributed by atoms with E-state index in [0.717, 1.165) is 18.2 Å². The zero-order valence-corrected chi connectivity index (χ0v) is 17.5. The third-order valence-electron chi connectivity index (χ3n) is 4.39. The molecular weight excluding hydrogens is 444 g/mol. The van der Waals surface area contributed by atoms with Crippen LogP contribution in [-0.2, 0) is 19.6 Å². The summed E-state index contributed by atoms with van der Waals surface area (Å²) >= 11 is 0. The van der Waals surface area contributed by atoms with E-state index in [1.807, 2.05) is 0 Å². The maximum Gasteiger partial charge on any atom is 0.339 e. The third kappa shape index (κ3) is 6.12. The highest BCUT2D eigenvalue weighted by Crippen LogP contribution is 2.23. The van der Waals surface area contributed by atoms with E-state index in [-0.39, 0.29) is 10.5 Å². The number of rotatable bonds is 10. The maximum absolute atomic E-state index is 12.6.